The first-order valence-electron chi connectivity index (χ1n) is 3.64. The lowest BCUT2D eigenvalue weighted by Gasteiger charge is -2.14. The van der Waals surface area contributed by atoms with Crippen molar-refractivity contribution in [3.63, 3.8) is 0 Å². The van der Waals surface area contributed by atoms with Gasteiger partial charge in [-0.3, -0.25) is 4.72 Å². The molecule has 0 spiro atoms. The Hall–Kier alpha value is -1.16. The van der Waals surface area contributed by atoms with Gasteiger partial charge in [-0.05, 0) is 30.5 Å². The van der Waals surface area contributed by atoms with E-state index in [1.54, 1.807) is 0 Å². The molecule has 0 atom stereocenters. The van der Waals surface area contributed by atoms with Crippen LogP contribution in [0.15, 0.2) is 28.1 Å². The van der Waals surface area contributed by atoms with Gasteiger partial charge in [-0.2, -0.15) is 0 Å². The zero-order valence-corrected chi connectivity index (χ0v) is 7.48. The molecule has 1 aromatic rings. The molecule has 0 amide bonds. The molecule has 0 aromatic heterocycles. The second kappa shape index (κ2) is 2.71. The van der Waals surface area contributed by atoms with E-state index in [0.29, 0.717) is 5.96 Å². The van der Waals surface area contributed by atoms with Gasteiger partial charge >= 0.3 is 0 Å². The first-order valence-corrected chi connectivity index (χ1v) is 4.45. The summed E-state index contributed by atoms with van der Waals surface area (Å²) in [6, 6.07) is 6.07. The van der Waals surface area contributed by atoms with Crippen molar-refractivity contribution in [3.8, 4) is 0 Å². The molecule has 0 fully saturated rings. The predicted octanol–water partition coefficient (Wildman–Crippen LogP) is 1.55. The minimum atomic E-state index is 0.474. The van der Waals surface area contributed by atoms with Crippen LogP contribution in [0.1, 0.15) is 5.56 Å². The molecule has 0 radical (unpaired) electrons. The Morgan fingerprint density at radius 1 is 1.50 bits per heavy atom. The summed E-state index contributed by atoms with van der Waals surface area (Å²) in [4.78, 5) is 5.34. The summed E-state index contributed by atoms with van der Waals surface area (Å²) in [5.74, 6) is 0.474. The maximum absolute atomic E-state index is 5.54. The number of rotatable bonds is 0. The maximum Gasteiger partial charge on any atom is 0.204 e. The van der Waals surface area contributed by atoms with E-state index < -0.39 is 0 Å². The van der Waals surface area contributed by atoms with E-state index in [1.807, 2.05) is 25.1 Å². The second-order valence-electron chi connectivity index (χ2n) is 2.62. The fourth-order valence-corrected chi connectivity index (χ4v) is 1.82. The fraction of sp³-hybridized carbons (Fsp3) is 0.125. The number of nitrogens with one attached hydrogen (secondary N) is 1. The summed E-state index contributed by atoms with van der Waals surface area (Å²) in [6.07, 6.45) is 0. The molecule has 0 aliphatic carbocycles. The van der Waals surface area contributed by atoms with Gasteiger partial charge in [-0.15, -0.1) is 0 Å². The number of hydrogen-bond donors (Lipinski definition) is 2. The minimum Gasteiger partial charge on any atom is -0.369 e. The van der Waals surface area contributed by atoms with E-state index in [1.165, 1.54) is 11.9 Å². The molecule has 3 nitrogen and oxygen atoms in total. The Labute approximate surface area is 75.2 Å². The third-order valence-electron chi connectivity index (χ3n) is 1.70. The maximum atomic E-state index is 5.54. The van der Waals surface area contributed by atoms with Gasteiger partial charge in [0.1, 0.15) is 0 Å². The lowest BCUT2D eigenvalue weighted by atomic mass is 10.2. The fourth-order valence-electron chi connectivity index (χ4n) is 1.11. The first kappa shape index (κ1) is 7.49. The smallest absolute Gasteiger partial charge is 0.204 e. The van der Waals surface area contributed by atoms with Gasteiger partial charge in [0.2, 0.25) is 5.96 Å². The van der Waals surface area contributed by atoms with Crippen molar-refractivity contribution in [1.29, 1.82) is 0 Å². The topological polar surface area (TPSA) is 50.4 Å². The van der Waals surface area contributed by atoms with Gasteiger partial charge in [0, 0.05) is 0 Å². The first-order chi connectivity index (χ1) is 5.77. The molecular formula is C8H9N3S. The summed E-state index contributed by atoms with van der Waals surface area (Å²) in [5, 5.41) is 0. The third kappa shape index (κ3) is 1.14. The summed E-state index contributed by atoms with van der Waals surface area (Å²) < 4.78 is 2.91. The molecule has 2 rings (SSSR count). The zero-order chi connectivity index (χ0) is 8.55. The molecule has 1 aromatic carbocycles. The van der Waals surface area contributed by atoms with E-state index in [2.05, 4.69) is 9.71 Å². The summed E-state index contributed by atoms with van der Waals surface area (Å²) in [5.41, 5.74) is 7.68. The molecule has 0 saturated carbocycles. The van der Waals surface area contributed by atoms with E-state index in [4.69, 9.17) is 5.73 Å². The number of nitrogens with two attached hydrogens (primary N) is 1. The molecular weight excluding hydrogens is 170 g/mol. The van der Waals surface area contributed by atoms with E-state index in [-0.39, 0.29) is 0 Å². The van der Waals surface area contributed by atoms with Crippen molar-refractivity contribution in [2.75, 3.05) is 0 Å². The molecule has 0 bridgehead atoms. The highest BCUT2D eigenvalue weighted by Crippen LogP contribution is 2.33. The number of aryl methyl sites for hydroxylation is 1. The van der Waals surface area contributed by atoms with E-state index in [0.717, 1.165) is 16.1 Å². The zero-order valence-electron chi connectivity index (χ0n) is 6.66. The van der Waals surface area contributed by atoms with Gasteiger partial charge in [0.05, 0.1) is 10.6 Å². The Kier molecular flexibility index (Phi) is 1.69. The van der Waals surface area contributed by atoms with Crippen molar-refractivity contribution < 1.29 is 0 Å². The Bertz CT molecular complexity index is 346. The van der Waals surface area contributed by atoms with Crippen molar-refractivity contribution >= 4 is 23.6 Å². The van der Waals surface area contributed by atoms with Gasteiger partial charge in [0.15, 0.2) is 0 Å². The number of aliphatic imine (C=N–C) groups is 1. The van der Waals surface area contributed by atoms with Crippen LogP contribution in [0.2, 0.25) is 0 Å². The minimum absolute atomic E-state index is 0.474. The molecule has 0 unspecified atom stereocenters. The van der Waals surface area contributed by atoms with E-state index >= 15 is 0 Å². The van der Waals surface area contributed by atoms with Crippen LogP contribution in [0, 0.1) is 6.92 Å². The highest BCUT2D eigenvalue weighted by atomic mass is 32.2. The van der Waals surface area contributed by atoms with Gasteiger partial charge in [0.25, 0.3) is 0 Å². The molecule has 12 heavy (non-hydrogen) atoms. The lowest BCUT2D eigenvalue weighted by molar-refractivity contribution is 1.22. The molecule has 62 valence electrons. The standard InChI is InChI=1S/C8H9N3S/c1-5-3-2-4-6-7(5)10-8(9)11-12-6/h2-4H,1H3,(H3,9,10,11). The summed E-state index contributed by atoms with van der Waals surface area (Å²) >= 11 is 1.51. The van der Waals surface area contributed by atoms with Crippen LogP contribution in [0.5, 0.6) is 0 Å². The van der Waals surface area contributed by atoms with Gasteiger partial charge in [-0.1, -0.05) is 12.1 Å². The van der Waals surface area contributed by atoms with Gasteiger partial charge in [-0.25, -0.2) is 4.99 Å². The summed E-state index contributed by atoms with van der Waals surface area (Å²) in [7, 11) is 0. The number of nitrogens with zero attached hydrogens (tertiary/aromatic N) is 1. The van der Waals surface area contributed by atoms with Crippen LogP contribution in [-0.4, -0.2) is 5.96 Å². The van der Waals surface area contributed by atoms with Crippen LogP contribution in [-0.2, 0) is 0 Å². The molecule has 1 heterocycles. The van der Waals surface area contributed by atoms with Crippen molar-refractivity contribution in [2.24, 2.45) is 10.7 Å². The molecule has 1 aliphatic rings. The molecule has 0 saturated heterocycles. The average molecular weight is 179 g/mol. The number of benzene rings is 1. The molecule has 3 N–H and O–H groups in total. The number of guanidine groups is 1. The third-order valence-corrected chi connectivity index (χ3v) is 2.56. The van der Waals surface area contributed by atoms with Crippen LogP contribution < -0.4 is 10.5 Å². The SMILES string of the molecule is Cc1cccc2c1N=C(N)NS2. The van der Waals surface area contributed by atoms with Crippen LogP contribution in [0.25, 0.3) is 0 Å². The largest absolute Gasteiger partial charge is 0.369 e. The lowest BCUT2D eigenvalue weighted by Crippen LogP contribution is -2.27. The number of hydrogen-bond acceptors (Lipinski definition) is 4. The van der Waals surface area contributed by atoms with Crippen molar-refractivity contribution in [3.05, 3.63) is 23.8 Å². The highest BCUT2D eigenvalue weighted by Gasteiger charge is 2.10. The molecule has 1 aliphatic heterocycles. The monoisotopic (exact) mass is 179 g/mol. The summed E-state index contributed by atoms with van der Waals surface area (Å²) in [6.45, 7) is 2.03. The normalized spacial score (nSPS) is 14.6. The second-order valence-corrected chi connectivity index (χ2v) is 3.47. The van der Waals surface area contributed by atoms with E-state index in [9.17, 15) is 0 Å². The van der Waals surface area contributed by atoms with Crippen molar-refractivity contribution in [1.82, 2.24) is 4.72 Å². The number of para-hydroxylation sites is 1. The molecule has 4 heteroatoms. The quantitative estimate of drug-likeness (QED) is 0.594. The van der Waals surface area contributed by atoms with Crippen LogP contribution in [0.3, 0.4) is 0 Å². The highest BCUT2D eigenvalue weighted by molar-refractivity contribution is 7.98. The van der Waals surface area contributed by atoms with Crippen LogP contribution in [0.4, 0.5) is 5.69 Å². The Morgan fingerprint density at radius 3 is 3.17 bits per heavy atom. The van der Waals surface area contributed by atoms with Crippen LogP contribution >= 0.6 is 11.9 Å². The Morgan fingerprint density at radius 2 is 2.33 bits per heavy atom. The predicted molar refractivity (Wildman–Crippen MR) is 51.5 cm³/mol. The number of fused-ring (bicyclic) bond motifs is 1. The Balaban J connectivity index is 2.59. The average Bonchev–Trinajstić information content (AvgIpc) is 2.07. The van der Waals surface area contributed by atoms with Gasteiger partial charge < -0.3 is 5.73 Å². The van der Waals surface area contributed by atoms with Crippen molar-refractivity contribution in [2.45, 2.75) is 11.8 Å².